The van der Waals surface area contributed by atoms with Crippen molar-refractivity contribution in [1.82, 2.24) is 14.8 Å². The highest BCUT2D eigenvalue weighted by Crippen LogP contribution is 2.44. The molecule has 0 radical (unpaired) electrons. The van der Waals surface area contributed by atoms with E-state index < -0.39 is 42.0 Å². The first-order valence-electron chi connectivity index (χ1n) is 14.5. The summed E-state index contributed by atoms with van der Waals surface area (Å²) in [6.07, 6.45) is -0.0424. The fraction of sp³-hybridized carbons (Fsp3) is 0.567. The Morgan fingerprint density at radius 1 is 1.18 bits per heavy atom. The molecular weight excluding hydrogens is 613 g/mol. The molecule has 1 aromatic carbocycles. The van der Waals surface area contributed by atoms with E-state index in [1.165, 1.54) is 6.07 Å². The van der Waals surface area contributed by atoms with Gasteiger partial charge in [0.05, 0.1) is 48.8 Å². The minimum absolute atomic E-state index is 0.127. The highest BCUT2D eigenvalue weighted by Gasteiger charge is 2.43. The number of hydrogen-bond acceptors (Lipinski definition) is 10. The fourth-order valence-corrected chi connectivity index (χ4v) is 6.09. The number of thiazole rings is 1. The molecule has 1 fully saturated rings. The summed E-state index contributed by atoms with van der Waals surface area (Å²) >= 11 is 1.56. The van der Waals surface area contributed by atoms with Gasteiger partial charge in [-0.2, -0.15) is 0 Å². The number of piperidine rings is 1. The minimum Gasteiger partial charge on any atom is -0.481 e. The molecule has 2 aliphatic heterocycles. The van der Waals surface area contributed by atoms with E-state index in [4.69, 9.17) is 29.9 Å². The Labute approximate surface area is 264 Å². The summed E-state index contributed by atoms with van der Waals surface area (Å²) in [6.45, 7) is 6.60. The van der Waals surface area contributed by atoms with Gasteiger partial charge in [-0.1, -0.05) is 6.07 Å². The third-order valence-corrected chi connectivity index (χ3v) is 8.57. The standard InChI is InChI=1S/C24H32FN3O3S.C6H8O7/c1-3-30-11-10-27(2)23(29)19(12-21-16-32-17-26-21)14-28-8-6-24(7-9-28)22-13-20(25)5-4-18(22)15-31-24;7-3(8)1-6(13,5(11)12)2-4(9)10/h4-5,13,16-17,19H,3,6-12,14-15H2,1-2H3;13H,1-2H2,(H,7,8)(H,9,10)(H,11,12). The number of nitrogens with zero attached hydrogens (tertiary/aromatic N) is 3. The van der Waals surface area contributed by atoms with Crippen molar-refractivity contribution in [1.29, 1.82) is 0 Å². The van der Waals surface area contributed by atoms with Gasteiger partial charge in [-0.05, 0) is 43.0 Å². The number of carboxylic acid groups (broad SMARTS) is 3. The summed E-state index contributed by atoms with van der Waals surface area (Å²) < 4.78 is 25.5. The first kappa shape index (κ1) is 36.0. The van der Waals surface area contributed by atoms with Gasteiger partial charge in [-0.25, -0.2) is 14.2 Å². The van der Waals surface area contributed by atoms with Crippen molar-refractivity contribution in [3.05, 3.63) is 51.7 Å². The minimum atomic E-state index is -2.74. The van der Waals surface area contributed by atoms with Crippen LogP contribution in [0.25, 0.3) is 0 Å². The lowest BCUT2D eigenvalue weighted by Crippen LogP contribution is -2.47. The van der Waals surface area contributed by atoms with Crippen LogP contribution >= 0.6 is 11.3 Å². The maximum Gasteiger partial charge on any atom is 0.336 e. The summed E-state index contributed by atoms with van der Waals surface area (Å²) in [6, 6.07) is 4.99. The number of fused-ring (bicyclic) bond motifs is 2. The van der Waals surface area contributed by atoms with Crippen LogP contribution in [0.5, 0.6) is 0 Å². The van der Waals surface area contributed by atoms with Gasteiger partial charge in [0.2, 0.25) is 5.91 Å². The molecule has 248 valence electrons. The molecule has 0 bridgehead atoms. The lowest BCUT2D eigenvalue weighted by atomic mass is 9.83. The number of amides is 1. The Balaban J connectivity index is 0.000000360. The predicted molar refractivity (Wildman–Crippen MR) is 159 cm³/mol. The van der Waals surface area contributed by atoms with Crippen molar-refractivity contribution in [2.75, 3.05) is 46.4 Å². The van der Waals surface area contributed by atoms with Crippen molar-refractivity contribution >= 4 is 35.2 Å². The lowest BCUT2D eigenvalue weighted by molar-refractivity contribution is -0.170. The largest absolute Gasteiger partial charge is 0.481 e. The van der Waals surface area contributed by atoms with E-state index in [0.29, 0.717) is 39.3 Å². The number of halogens is 1. The van der Waals surface area contributed by atoms with Crippen molar-refractivity contribution in [3.8, 4) is 0 Å². The Morgan fingerprint density at radius 3 is 2.40 bits per heavy atom. The SMILES string of the molecule is CCOCCN(C)C(=O)C(Cc1cscn1)CN1CCC2(CC1)OCc1ccc(F)cc12.O=C(O)CC(O)(CC(=O)O)C(=O)O. The van der Waals surface area contributed by atoms with Gasteiger partial charge in [-0.3, -0.25) is 14.4 Å². The maximum atomic E-state index is 13.9. The Kier molecular flexibility index (Phi) is 12.9. The van der Waals surface area contributed by atoms with Crippen molar-refractivity contribution in [2.45, 2.75) is 56.8 Å². The van der Waals surface area contributed by atoms with Gasteiger partial charge >= 0.3 is 17.9 Å². The van der Waals surface area contributed by atoms with E-state index in [1.807, 2.05) is 30.9 Å². The highest BCUT2D eigenvalue weighted by atomic mass is 32.1. The number of aliphatic carboxylic acids is 3. The monoisotopic (exact) mass is 653 g/mol. The average Bonchev–Trinajstić information content (AvgIpc) is 3.61. The second-order valence-corrected chi connectivity index (χ2v) is 11.9. The summed E-state index contributed by atoms with van der Waals surface area (Å²) in [5.41, 5.74) is 1.74. The molecule has 13 nitrogen and oxygen atoms in total. The van der Waals surface area contributed by atoms with Crippen LogP contribution in [0.1, 0.15) is 49.4 Å². The molecule has 1 spiro atoms. The Hall–Kier alpha value is -3.50. The molecule has 1 atom stereocenters. The van der Waals surface area contributed by atoms with Crippen LogP contribution in [-0.2, 0) is 47.3 Å². The van der Waals surface area contributed by atoms with E-state index >= 15 is 0 Å². The predicted octanol–water partition coefficient (Wildman–Crippen LogP) is 2.21. The van der Waals surface area contributed by atoms with E-state index in [-0.39, 0.29) is 17.6 Å². The molecule has 15 heteroatoms. The number of benzene rings is 1. The second-order valence-electron chi connectivity index (χ2n) is 11.2. The molecular formula is C30H40FN3O10S. The maximum absolute atomic E-state index is 13.9. The molecule has 1 amide bonds. The summed E-state index contributed by atoms with van der Waals surface area (Å²) in [4.78, 5) is 52.3. The number of carbonyl (C=O) groups is 4. The molecule has 1 unspecified atom stereocenters. The summed E-state index contributed by atoms with van der Waals surface area (Å²) in [7, 11) is 1.85. The van der Waals surface area contributed by atoms with Gasteiger partial charge in [0, 0.05) is 51.6 Å². The van der Waals surface area contributed by atoms with Gasteiger partial charge in [0.25, 0.3) is 0 Å². The number of rotatable bonds is 14. The van der Waals surface area contributed by atoms with Crippen LogP contribution < -0.4 is 0 Å². The molecule has 3 heterocycles. The van der Waals surface area contributed by atoms with E-state index in [1.54, 1.807) is 22.3 Å². The molecule has 4 N–H and O–H groups in total. The highest BCUT2D eigenvalue weighted by molar-refractivity contribution is 7.07. The molecule has 2 aliphatic rings. The van der Waals surface area contributed by atoms with Gasteiger partial charge < -0.3 is 39.7 Å². The van der Waals surface area contributed by atoms with Crippen LogP contribution in [0.15, 0.2) is 29.1 Å². The van der Waals surface area contributed by atoms with Gasteiger partial charge in [-0.15, -0.1) is 11.3 Å². The molecule has 1 saturated heterocycles. The number of hydrogen-bond donors (Lipinski definition) is 4. The molecule has 4 rings (SSSR count). The third-order valence-electron chi connectivity index (χ3n) is 7.93. The lowest BCUT2D eigenvalue weighted by Gasteiger charge is -2.40. The smallest absolute Gasteiger partial charge is 0.336 e. The van der Waals surface area contributed by atoms with Crippen LogP contribution in [0.4, 0.5) is 4.39 Å². The number of carboxylic acids is 3. The number of ether oxygens (including phenoxy) is 2. The van der Waals surface area contributed by atoms with E-state index in [0.717, 1.165) is 42.8 Å². The van der Waals surface area contributed by atoms with Gasteiger partial charge in [0.15, 0.2) is 5.60 Å². The average molecular weight is 654 g/mol. The zero-order valence-electron chi connectivity index (χ0n) is 25.3. The number of likely N-dealkylation sites (N-methyl/N-ethyl adjacent to an activating group) is 1. The summed E-state index contributed by atoms with van der Waals surface area (Å²) in [5.74, 6) is -5.26. The quantitative estimate of drug-likeness (QED) is 0.218. The summed E-state index contributed by atoms with van der Waals surface area (Å²) in [5, 5.41) is 35.8. The van der Waals surface area contributed by atoms with E-state index in [2.05, 4.69) is 9.88 Å². The fourth-order valence-electron chi connectivity index (χ4n) is 5.52. The van der Waals surface area contributed by atoms with Crippen LogP contribution in [0.3, 0.4) is 0 Å². The molecule has 2 aromatic rings. The van der Waals surface area contributed by atoms with Crippen LogP contribution in [0.2, 0.25) is 0 Å². The zero-order chi connectivity index (χ0) is 33.2. The Bertz CT molecular complexity index is 1300. The number of carbonyl (C=O) groups excluding carboxylic acids is 1. The third kappa shape index (κ3) is 9.99. The van der Waals surface area contributed by atoms with Crippen LogP contribution in [0, 0.1) is 11.7 Å². The number of aromatic nitrogens is 1. The van der Waals surface area contributed by atoms with Crippen LogP contribution in [-0.4, -0.2) is 111 Å². The number of likely N-dealkylation sites (tertiary alicyclic amines) is 1. The van der Waals surface area contributed by atoms with Crippen molar-refractivity contribution in [3.63, 3.8) is 0 Å². The van der Waals surface area contributed by atoms with Crippen molar-refractivity contribution < 1.29 is 53.5 Å². The molecule has 0 aliphatic carbocycles. The van der Waals surface area contributed by atoms with Crippen molar-refractivity contribution in [2.24, 2.45) is 5.92 Å². The first-order chi connectivity index (χ1) is 21.3. The molecule has 0 saturated carbocycles. The normalized spacial score (nSPS) is 16.4. The second kappa shape index (κ2) is 16.2. The molecule has 1 aromatic heterocycles. The number of aliphatic hydroxyl groups is 1. The Morgan fingerprint density at radius 2 is 1.84 bits per heavy atom. The van der Waals surface area contributed by atoms with Gasteiger partial charge in [0.1, 0.15) is 5.82 Å². The topological polar surface area (TPSA) is 187 Å². The van der Waals surface area contributed by atoms with E-state index in [9.17, 15) is 23.6 Å². The first-order valence-corrected chi connectivity index (χ1v) is 15.5. The zero-order valence-corrected chi connectivity index (χ0v) is 26.1. The molecule has 45 heavy (non-hydrogen) atoms.